The lowest BCUT2D eigenvalue weighted by atomic mass is 10.1. The molecule has 0 spiro atoms. The standard InChI is InChI=1S/C24H36O2/c1-3-5-6-7-8-9-10-11-12-13-14-15-16-17-18-19-20-21-22-23(4-2)24(25)26/h12-22H,3-11H2,1-2H3,(H,25,26). The quantitative estimate of drug-likeness (QED) is 0.189. The van der Waals surface area contributed by atoms with Crippen molar-refractivity contribution in [2.45, 2.75) is 71.6 Å². The number of allylic oxidation sites excluding steroid dienone is 11. The molecule has 1 N–H and O–H groups in total. The van der Waals surface area contributed by atoms with Gasteiger partial charge in [0.2, 0.25) is 0 Å². The number of aliphatic carboxylic acids is 1. The first-order chi connectivity index (χ1) is 12.7. The first-order valence-electron chi connectivity index (χ1n) is 9.98. The highest BCUT2D eigenvalue weighted by molar-refractivity contribution is 5.86. The average Bonchev–Trinajstić information content (AvgIpc) is 2.63. The van der Waals surface area contributed by atoms with Crippen molar-refractivity contribution >= 4 is 5.97 Å². The Bertz CT molecular complexity index is 516. The summed E-state index contributed by atoms with van der Waals surface area (Å²) in [5, 5.41) is 8.87. The van der Waals surface area contributed by atoms with Gasteiger partial charge in [-0.15, -0.1) is 0 Å². The van der Waals surface area contributed by atoms with Crippen LogP contribution in [0.25, 0.3) is 0 Å². The summed E-state index contributed by atoms with van der Waals surface area (Å²) in [7, 11) is 0. The highest BCUT2D eigenvalue weighted by atomic mass is 16.4. The minimum absolute atomic E-state index is 0.413. The molecule has 26 heavy (non-hydrogen) atoms. The summed E-state index contributed by atoms with van der Waals surface area (Å²) in [6, 6.07) is 0. The fourth-order valence-corrected chi connectivity index (χ4v) is 2.36. The molecule has 0 atom stereocenters. The third kappa shape index (κ3) is 16.8. The molecule has 0 aliphatic carbocycles. The van der Waals surface area contributed by atoms with Crippen LogP contribution >= 0.6 is 0 Å². The number of carboxylic acid groups (broad SMARTS) is 1. The maximum Gasteiger partial charge on any atom is 0.331 e. The average molecular weight is 357 g/mol. The third-order valence-corrected chi connectivity index (χ3v) is 3.95. The van der Waals surface area contributed by atoms with Crippen molar-refractivity contribution < 1.29 is 9.90 Å². The molecule has 0 saturated carbocycles. The van der Waals surface area contributed by atoms with Gasteiger partial charge in [-0.25, -0.2) is 4.79 Å². The van der Waals surface area contributed by atoms with E-state index in [0.717, 1.165) is 6.42 Å². The molecule has 0 unspecified atom stereocenters. The molecule has 0 aromatic rings. The highest BCUT2D eigenvalue weighted by Crippen LogP contribution is 2.08. The van der Waals surface area contributed by atoms with Crippen molar-refractivity contribution in [1.82, 2.24) is 0 Å². The largest absolute Gasteiger partial charge is 0.478 e. The van der Waals surface area contributed by atoms with Gasteiger partial charge >= 0.3 is 5.97 Å². The van der Waals surface area contributed by atoms with E-state index in [9.17, 15) is 4.79 Å². The first-order valence-corrected chi connectivity index (χ1v) is 9.98. The summed E-state index contributed by atoms with van der Waals surface area (Å²) in [5.41, 5.74) is 0.413. The van der Waals surface area contributed by atoms with Gasteiger partial charge in [0, 0.05) is 5.57 Å². The number of carbonyl (C=O) groups is 1. The van der Waals surface area contributed by atoms with E-state index in [4.69, 9.17) is 5.11 Å². The number of rotatable bonds is 15. The van der Waals surface area contributed by atoms with Crippen molar-refractivity contribution in [1.29, 1.82) is 0 Å². The summed E-state index contributed by atoms with van der Waals surface area (Å²) in [4.78, 5) is 10.8. The lowest BCUT2D eigenvalue weighted by Crippen LogP contribution is -1.97. The second kappa shape index (κ2) is 19.2. The van der Waals surface area contributed by atoms with Gasteiger partial charge in [-0.2, -0.15) is 0 Å². The minimum atomic E-state index is -0.855. The lowest BCUT2D eigenvalue weighted by molar-refractivity contribution is -0.132. The van der Waals surface area contributed by atoms with Crippen LogP contribution in [-0.2, 0) is 4.79 Å². The van der Waals surface area contributed by atoms with E-state index in [1.165, 1.54) is 44.9 Å². The van der Waals surface area contributed by atoms with Crippen LogP contribution in [0.5, 0.6) is 0 Å². The summed E-state index contributed by atoms with van der Waals surface area (Å²) < 4.78 is 0. The molecule has 0 radical (unpaired) electrons. The highest BCUT2D eigenvalue weighted by Gasteiger charge is 2.00. The minimum Gasteiger partial charge on any atom is -0.478 e. The van der Waals surface area contributed by atoms with Crippen LogP contribution in [0.15, 0.2) is 72.4 Å². The first kappa shape index (κ1) is 23.9. The van der Waals surface area contributed by atoms with E-state index >= 15 is 0 Å². The zero-order chi connectivity index (χ0) is 19.3. The van der Waals surface area contributed by atoms with E-state index in [-0.39, 0.29) is 0 Å². The Labute approximate surface area is 160 Å². The summed E-state index contributed by atoms with van der Waals surface area (Å²) >= 11 is 0. The Balaban J connectivity index is 3.76. The normalized spacial score (nSPS) is 13.4. The monoisotopic (exact) mass is 356 g/mol. The number of hydrogen-bond donors (Lipinski definition) is 1. The smallest absolute Gasteiger partial charge is 0.331 e. The number of carboxylic acids is 1. The Morgan fingerprint density at radius 1 is 0.692 bits per heavy atom. The second-order valence-electron chi connectivity index (χ2n) is 6.23. The van der Waals surface area contributed by atoms with Gasteiger partial charge < -0.3 is 5.11 Å². The summed E-state index contributed by atoms with van der Waals surface area (Å²) in [6.45, 7) is 4.09. The predicted octanol–water partition coefficient (Wildman–Crippen LogP) is 7.33. The third-order valence-electron chi connectivity index (χ3n) is 3.95. The Kier molecular flexibility index (Phi) is 17.7. The molecule has 2 heteroatoms. The van der Waals surface area contributed by atoms with Crippen LogP contribution < -0.4 is 0 Å². The van der Waals surface area contributed by atoms with Crippen LogP contribution in [0.4, 0.5) is 0 Å². The number of hydrogen-bond acceptors (Lipinski definition) is 1. The molecule has 0 amide bonds. The van der Waals surface area contributed by atoms with Gasteiger partial charge in [0.1, 0.15) is 0 Å². The van der Waals surface area contributed by atoms with Gasteiger partial charge in [-0.1, -0.05) is 119 Å². The van der Waals surface area contributed by atoms with E-state index in [1.54, 1.807) is 12.2 Å². The molecule has 2 nitrogen and oxygen atoms in total. The second-order valence-corrected chi connectivity index (χ2v) is 6.23. The zero-order valence-electron chi connectivity index (χ0n) is 16.6. The van der Waals surface area contributed by atoms with Crippen molar-refractivity contribution in [2.75, 3.05) is 0 Å². The molecule has 144 valence electrons. The van der Waals surface area contributed by atoms with Gasteiger partial charge in [0.25, 0.3) is 0 Å². The Hall–Kier alpha value is -2.09. The molecule has 0 aromatic heterocycles. The molecule has 0 saturated heterocycles. The molecule has 0 bridgehead atoms. The van der Waals surface area contributed by atoms with E-state index in [1.807, 2.05) is 49.5 Å². The molecular formula is C24H36O2. The molecule has 0 aliphatic rings. The van der Waals surface area contributed by atoms with Crippen LogP contribution in [0.1, 0.15) is 71.6 Å². The Morgan fingerprint density at radius 2 is 1.19 bits per heavy atom. The van der Waals surface area contributed by atoms with Gasteiger partial charge in [-0.05, 0) is 19.3 Å². The van der Waals surface area contributed by atoms with Crippen LogP contribution in [0.2, 0.25) is 0 Å². The molecular weight excluding hydrogens is 320 g/mol. The fraction of sp³-hybridized carbons (Fsp3) is 0.458. The van der Waals surface area contributed by atoms with Crippen molar-refractivity contribution in [3.05, 3.63) is 72.4 Å². The predicted molar refractivity (Wildman–Crippen MR) is 114 cm³/mol. The SMILES string of the molecule is CCCCCCCCCC=CC=CC=CC=CC=CC=C(CC)C(=O)O. The summed E-state index contributed by atoms with van der Waals surface area (Å²) in [6.07, 6.45) is 32.5. The van der Waals surface area contributed by atoms with Crippen molar-refractivity contribution in [3.8, 4) is 0 Å². The maximum absolute atomic E-state index is 10.8. The molecule has 0 aliphatic heterocycles. The fourth-order valence-electron chi connectivity index (χ4n) is 2.36. The maximum atomic E-state index is 10.8. The van der Waals surface area contributed by atoms with Crippen LogP contribution in [-0.4, -0.2) is 11.1 Å². The zero-order valence-corrected chi connectivity index (χ0v) is 16.6. The summed E-state index contributed by atoms with van der Waals surface area (Å²) in [5.74, 6) is -0.855. The van der Waals surface area contributed by atoms with Gasteiger partial charge in [-0.3, -0.25) is 0 Å². The lowest BCUT2D eigenvalue weighted by Gasteiger charge is -1.98. The number of unbranched alkanes of at least 4 members (excludes halogenated alkanes) is 7. The molecule has 0 aromatic carbocycles. The van der Waals surface area contributed by atoms with Crippen molar-refractivity contribution in [3.63, 3.8) is 0 Å². The topological polar surface area (TPSA) is 37.3 Å². The van der Waals surface area contributed by atoms with Crippen LogP contribution in [0, 0.1) is 0 Å². The Morgan fingerprint density at radius 3 is 1.73 bits per heavy atom. The van der Waals surface area contributed by atoms with Gasteiger partial charge in [0.05, 0.1) is 0 Å². The van der Waals surface area contributed by atoms with E-state index < -0.39 is 5.97 Å². The molecule has 0 rings (SSSR count). The van der Waals surface area contributed by atoms with Crippen molar-refractivity contribution in [2.24, 2.45) is 0 Å². The van der Waals surface area contributed by atoms with E-state index in [0.29, 0.717) is 12.0 Å². The van der Waals surface area contributed by atoms with E-state index in [2.05, 4.69) is 19.1 Å². The molecule has 0 fully saturated rings. The van der Waals surface area contributed by atoms with Crippen LogP contribution in [0.3, 0.4) is 0 Å². The van der Waals surface area contributed by atoms with Gasteiger partial charge in [0.15, 0.2) is 0 Å². The molecule has 0 heterocycles.